The SMILES string of the molecule is C=C1CC(C2CCN(Cc3cccc4c(-c5ccccc5C)nn(C)c34)CC2)N(CC2CC2)c2ccccc21. The van der Waals surface area contributed by atoms with Gasteiger partial charge >= 0.3 is 0 Å². The van der Waals surface area contributed by atoms with Gasteiger partial charge in [0, 0.05) is 48.4 Å². The molecule has 1 saturated carbocycles. The first-order valence-corrected chi connectivity index (χ1v) is 14.8. The summed E-state index contributed by atoms with van der Waals surface area (Å²) >= 11 is 0. The summed E-state index contributed by atoms with van der Waals surface area (Å²) in [5.74, 6) is 1.61. The summed E-state index contributed by atoms with van der Waals surface area (Å²) in [6.45, 7) is 11.2. The Bertz CT molecular complexity index is 1520. The topological polar surface area (TPSA) is 24.3 Å². The van der Waals surface area contributed by atoms with Crippen LogP contribution in [0, 0.1) is 18.8 Å². The van der Waals surface area contributed by atoms with Gasteiger partial charge < -0.3 is 4.90 Å². The summed E-state index contributed by atoms with van der Waals surface area (Å²) < 4.78 is 2.10. The standard InChI is InChI=1S/C35H40N4/c1-24-9-4-5-12-30(24)34-31-13-8-10-28(35(31)37(3)36-34)23-38-19-17-27(18-20-38)33-21-25(2)29-11-6-7-14-32(29)39(33)22-26-15-16-26/h4-14,26-27,33H,2,15-23H2,1,3H3. The predicted octanol–water partition coefficient (Wildman–Crippen LogP) is 7.46. The van der Waals surface area contributed by atoms with Crippen LogP contribution in [0.4, 0.5) is 5.69 Å². The minimum absolute atomic E-state index is 0.590. The third kappa shape index (κ3) is 4.59. The van der Waals surface area contributed by atoms with Gasteiger partial charge in [0.2, 0.25) is 0 Å². The van der Waals surface area contributed by atoms with Gasteiger partial charge in [0.05, 0.1) is 5.52 Å². The van der Waals surface area contributed by atoms with Crippen molar-refractivity contribution in [1.82, 2.24) is 14.7 Å². The largest absolute Gasteiger partial charge is 0.367 e. The van der Waals surface area contributed by atoms with E-state index in [0.717, 1.165) is 43.6 Å². The average Bonchev–Trinajstić information content (AvgIpc) is 3.72. The second-order valence-corrected chi connectivity index (χ2v) is 12.2. The summed E-state index contributed by atoms with van der Waals surface area (Å²) in [6.07, 6.45) is 6.43. The van der Waals surface area contributed by atoms with E-state index >= 15 is 0 Å². The van der Waals surface area contributed by atoms with Gasteiger partial charge in [-0.25, -0.2) is 0 Å². The molecule has 2 aliphatic heterocycles. The highest BCUT2D eigenvalue weighted by Gasteiger charge is 2.38. The van der Waals surface area contributed by atoms with E-state index < -0.39 is 0 Å². The smallest absolute Gasteiger partial charge is 0.100 e. The third-order valence-electron chi connectivity index (χ3n) is 9.52. The number of hydrogen-bond donors (Lipinski definition) is 0. The van der Waals surface area contributed by atoms with Crippen molar-refractivity contribution < 1.29 is 0 Å². The number of likely N-dealkylation sites (tertiary alicyclic amines) is 1. The quantitative estimate of drug-likeness (QED) is 0.266. The minimum Gasteiger partial charge on any atom is -0.367 e. The molecule has 3 aliphatic rings. The molecule has 1 unspecified atom stereocenters. The summed E-state index contributed by atoms with van der Waals surface area (Å²) in [7, 11) is 2.10. The maximum Gasteiger partial charge on any atom is 0.100 e. The Morgan fingerprint density at radius 1 is 0.872 bits per heavy atom. The lowest BCUT2D eigenvalue weighted by Crippen LogP contribution is -2.48. The summed E-state index contributed by atoms with van der Waals surface area (Å²) in [4.78, 5) is 5.45. The van der Waals surface area contributed by atoms with Crippen LogP contribution in [-0.2, 0) is 13.6 Å². The highest BCUT2D eigenvalue weighted by atomic mass is 15.3. The van der Waals surface area contributed by atoms with Crippen LogP contribution >= 0.6 is 0 Å². The van der Waals surface area contributed by atoms with Crippen LogP contribution in [0.15, 0.2) is 73.3 Å². The number of benzene rings is 3. The molecule has 1 aromatic heterocycles. The number of aryl methyl sites for hydroxylation is 2. The van der Waals surface area contributed by atoms with Crippen molar-refractivity contribution in [1.29, 1.82) is 0 Å². The van der Waals surface area contributed by atoms with Crippen molar-refractivity contribution in [2.75, 3.05) is 24.5 Å². The van der Waals surface area contributed by atoms with Crippen LogP contribution in [0.1, 0.15) is 48.8 Å². The van der Waals surface area contributed by atoms with Gasteiger partial charge in [-0.3, -0.25) is 9.58 Å². The first kappa shape index (κ1) is 24.7. The number of rotatable bonds is 6. The van der Waals surface area contributed by atoms with Crippen molar-refractivity contribution in [3.05, 3.63) is 90.0 Å². The van der Waals surface area contributed by atoms with Crippen molar-refractivity contribution in [3.8, 4) is 11.3 Å². The van der Waals surface area contributed by atoms with Crippen molar-refractivity contribution >= 4 is 22.2 Å². The van der Waals surface area contributed by atoms with Crippen LogP contribution in [0.25, 0.3) is 27.7 Å². The zero-order valence-electron chi connectivity index (χ0n) is 23.4. The summed E-state index contributed by atoms with van der Waals surface area (Å²) in [5, 5.41) is 6.25. The molecule has 2 fully saturated rings. The Kier molecular flexibility index (Phi) is 6.31. The molecule has 1 atom stereocenters. The highest BCUT2D eigenvalue weighted by Crippen LogP contribution is 2.44. The van der Waals surface area contributed by atoms with Gasteiger partial charge in [-0.2, -0.15) is 5.10 Å². The molecule has 0 amide bonds. The van der Waals surface area contributed by atoms with E-state index in [1.807, 2.05) is 0 Å². The lowest BCUT2D eigenvalue weighted by molar-refractivity contribution is 0.160. The van der Waals surface area contributed by atoms with Gasteiger partial charge in [-0.05, 0) is 86.7 Å². The van der Waals surface area contributed by atoms with E-state index in [1.165, 1.54) is 76.6 Å². The fourth-order valence-corrected chi connectivity index (χ4v) is 7.23. The monoisotopic (exact) mass is 516 g/mol. The molecule has 0 N–H and O–H groups in total. The van der Waals surface area contributed by atoms with Gasteiger partial charge in [-0.1, -0.05) is 67.2 Å². The van der Waals surface area contributed by atoms with Gasteiger partial charge in [0.15, 0.2) is 0 Å². The molecule has 39 heavy (non-hydrogen) atoms. The molecule has 4 nitrogen and oxygen atoms in total. The molecule has 0 bridgehead atoms. The number of piperidine rings is 1. The molecule has 4 heteroatoms. The van der Waals surface area contributed by atoms with E-state index in [1.54, 1.807) is 0 Å². The van der Waals surface area contributed by atoms with E-state index in [-0.39, 0.29) is 0 Å². The third-order valence-corrected chi connectivity index (χ3v) is 9.52. The number of anilines is 1. The van der Waals surface area contributed by atoms with Crippen molar-refractivity contribution in [2.24, 2.45) is 18.9 Å². The summed E-state index contributed by atoms with van der Waals surface area (Å²) in [6, 6.07) is 24.9. The second-order valence-electron chi connectivity index (χ2n) is 12.2. The first-order chi connectivity index (χ1) is 19.1. The molecule has 1 aliphatic carbocycles. The lowest BCUT2D eigenvalue weighted by atomic mass is 9.80. The Morgan fingerprint density at radius 2 is 1.62 bits per heavy atom. The van der Waals surface area contributed by atoms with Crippen LogP contribution in [0.5, 0.6) is 0 Å². The molecule has 0 radical (unpaired) electrons. The number of nitrogens with zero attached hydrogens (tertiary/aromatic N) is 4. The van der Waals surface area contributed by atoms with Gasteiger partial charge in [0.1, 0.15) is 5.69 Å². The van der Waals surface area contributed by atoms with Gasteiger partial charge in [-0.15, -0.1) is 0 Å². The number of hydrogen-bond acceptors (Lipinski definition) is 3. The van der Waals surface area contributed by atoms with Crippen LogP contribution in [-0.4, -0.2) is 40.4 Å². The molecule has 4 aromatic rings. The maximum absolute atomic E-state index is 4.99. The Hall–Kier alpha value is -3.37. The minimum atomic E-state index is 0.590. The first-order valence-electron chi connectivity index (χ1n) is 14.8. The zero-order valence-corrected chi connectivity index (χ0v) is 23.4. The van der Waals surface area contributed by atoms with E-state index in [2.05, 4.69) is 102 Å². The Morgan fingerprint density at radius 3 is 2.38 bits per heavy atom. The number of para-hydroxylation sites is 2. The normalized spacial score (nSPS) is 20.5. The molecule has 1 saturated heterocycles. The van der Waals surface area contributed by atoms with E-state index in [4.69, 9.17) is 5.10 Å². The fraction of sp³-hybridized carbons (Fsp3) is 0.400. The van der Waals surface area contributed by atoms with E-state index in [9.17, 15) is 0 Å². The average molecular weight is 517 g/mol. The second kappa shape index (κ2) is 9.98. The van der Waals surface area contributed by atoms with Crippen LogP contribution < -0.4 is 4.90 Å². The number of aromatic nitrogens is 2. The fourth-order valence-electron chi connectivity index (χ4n) is 7.23. The zero-order chi connectivity index (χ0) is 26.5. The molecule has 3 heterocycles. The van der Waals surface area contributed by atoms with E-state index in [0.29, 0.717) is 6.04 Å². The summed E-state index contributed by atoms with van der Waals surface area (Å²) in [5.41, 5.74) is 10.4. The Balaban J connectivity index is 1.09. The highest BCUT2D eigenvalue weighted by molar-refractivity contribution is 5.95. The van der Waals surface area contributed by atoms with Gasteiger partial charge in [0.25, 0.3) is 0 Å². The lowest BCUT2D eigenvalue weighted by Gasteiger charge is -2.46. The molecule has 200 valence electrons. The van der Waals surface area contributed by atoms with Crippen molar-refractivity contribution in [3.63, 3.8) is 0 Å². The predicted molar refractivity (Wildman–Crippen MR) is 163 cm³/mol. The Labute approximate surface area is 232 Å². The molecular weight excluding hydrogens is 476 g/mol. The number of fused-ring (bicyclic) bond motifs is 2. The molecule has 3 aromatic carbocycles. The van der Waals surface area contributed by atoms with Crippen LogP contribution in [0.2, 0.25) is 0 Å². The molecule has 0 spiro atoms. The molecular formula is C35H40N4. The maximum atomic E-state index is 4.99. The molecule has 7 rings (SSSR count). The van der Waals surface area contributed by atoms with Crippen LogP contribution in [0.3, 0.4) is 0 Å². The van der Waals surface area contributed by atoms with Crippen molar-refractivity contribution in [2.45, 2.75) is 51.6 Å².